The third-order valence-electron chi connectivity index (χ3n) is 5.13. The van der Waals surface area contributed by atoms with Crippen LogP contribution in [0.1, 0.15) is 24.0 Å². The van der Waals surface area contributed by atoms with E-state index >= 15 is 0 Å². The van der Waals surface area contributed by atoms with E-state index in [-0.39, 0.29) is 11.8 Å². The molecular weight excluding hydrogens is 484 g/mol. The minimum atomic E-state index is -0.0809. The third kappa shape index (κ3) is 3.12. The lowest BCUT2D eigenvalue weighted by atomic mass is 9.96. The van der Waals surface area contributed by atoms with Crippen LogP contribution in [0.2, 0.25) is 0 Å². The van der Waals surface area contributed by atoms with Crippen LogP contribution in [0.15, 0.2) is 48.5 Å². The number of anilines is 2. The van der Waals surface area contributed by atoms with E-state index in [1.807, 2.05) is 48.5 Å². The molecule has 0 saturated heterocycles. The fourth-order valence-corrected chi connectivity index (χ4v) is 4.42. The quantitative estimate of drug-likeness (QED) is 0.417. The molecule has 0 N–H and O–H groups in total. The average molecular weight is 504 g/mol. The summed E-state index contributed by atoms with van der Waals surface area (Å²) < 4.78 is 0. The van der Waals surface area contributed by atoms with Crippen molar-refractivity contribution >= 4 is 66.2 Å². The van der Waals surface area contributed by atoms with Crippen LogP contribution in [0.4, 0.5) is 11.4 Å². The number of halogens is 2. The van der Waals surface area contributed by atoms with Gasteiger partial charge in [0.25, 0.3) is 11.8 Å². The maximum atomic E-state index is 13.4. The highest BCUT2D eigenvalue weighted by atomic mass is 79.9. The molecule has 4 nitrogen and oxygen atoms in total. The number of hydrogen-bond donors (Lipinski definition) is 0. The Hall–Kier alpha value is -1.92. The van der Waals surface area contributed by atoms with E-state index in [1.165, 1.54) is 0 Å². The standard InChI is InChI=1S/C22H20Br2N2O2/c23-11-5-13-25-17-9-3-1-7-15(17)19(21(25)27)20-16-8-2-4-10-18(16)26(22(20)28)14-6-12-24/h1-4,7-10H,5-6,11-14H2/b20-19+. The normalized spacial score (nSPS) is 18.1. The van der Waals surface area contributed by atoms with Crippen molar-refractivity contribution in [1.29, 1.82) is 0 Å². The number of benzene rings is 2. The zero-order chi connectivity index (χ0) is 19.7. The zero-order valence-corrected chi connectivity index (χ0v) is 18.5. The summed E-state index contributed by atoms with van der Waals surface area (Å²) in [6, 6.07) is 15.5. The Morgan fingerprint density at radius 3 is 1.43 bits per heavy atom. The number of rotatable bonds is 6. The Labute approximate surface area is 181 Å². The topological polar surface area (TPSA) is 40.6 Å². The van der Waals surface area contributed by atoms with Crippen molar-refractivity contribution in [3.8, 4) is 0 Å². The zero-order valence-electron chi connectivity index (χ0n) is 15.3. The summed E-state index contributed by atoms with van der Waals surface area (Å²) in [5.74, 6) is -0.162. The van der Waals surface area contributed by atoms with Gasteiger partial charge in [-0.1, -0.05) is 68.3 Å². The summed E-state index contributed by atoms with van der Waals surface area (Å²) in [5, 5.41) is 1.65. The van der Waals surface area contributed by atoms with Crippen LogP contribution in [0.25, 0.3) is 11.1 Å². The molecule has 0 aromatic heterocycles. The Morgan fingerprint density at radius 1 is 0.643 bits per heavy atom. The number of carbonyl (C=O) groups is 2. The monoisotopic (exact) mass is 502 g/mol. The molecule has 0 fully saturated rings. The maximum absolute atomic E-state index is 13.4. The van der Waals surface area contributed by atoms with Crippen molar-refractivity contribution in [1.82, 2.24) is 0 Å². The lowest BCUT2D eigenvalue weighted by molar-refractivity contribution is -0.114. The average Bonchev–Trinajstić information content (AvgIpc) is 3.15. The molecule has 0 saturated carbocycles. The van der Waals surface area contributed by atoms with Crippen molar-refractivity contribution < 1.29 is 9.59 Å². The highest BCUT2D eigenvalue weighted by molar-refractivity contribution is 9.09. The molecule has 2 amide bonds. The van der Waals surface area contributed by atoms with Gasteiger partial charge in [-0.2, -0.15) is 0 Å². The lowest BCUT2D eigenvalue weighted by Gasteiger charge is -2.16. The third-order valence-corrected chi connectivity index (χ3v) is 6.25. The molecule has 2 aliphatic heterocycles. The van der Waals surface area contributed by atoms with E-state index in [0.717, 1.165) is 46.0 Å². The second-order valence-corrected chi connectivity index (χ2v) is 8.37. The van der Waals surface area contributed by atoms with Gasteiger partial charge in [0.2, 0.25) is 0 Å². The molecule has 2 aromatic carbocycles. The van der Waals surface area contributed by atoms with E-state index in [4.69, 9.17) is 0 Å². The van der Waals surface area contributed by atoms with Gasteiger partial charge in [-0.15, -0.1) is 0 Å². The Kier molecular flexibility index (Phi) is 5.69. The van der Waals surface area contributed by atoms with Crippen LogP contribution in [0, 0.1) is 0 Å². The molecule has 0 bridgehead atoms. The number of para-hydroxylation sites is 2. The van der Waals surface area contributed by atoms with E-state index in [2.05, 4.69) is 31.9 Å². The molecule has 0 spiro atoms. The van der Waals surface area contributed by atoms with Gasteiger partial charge >= 0.3 is 0 Å². The summed E-state index contributed by atoms with van der Waals surface area (Å²) in [6.07, 6.45) is 1.70. The van der Waals surface area contributed by atoms with E-state index in [0.29, 0.717) is 24.2 Å². The van der Waals surface area contributed by atoms with Crippen LogP contribution in [0.5, 0.6) is 0 Å². The highest BCUT2D eigenvalue weighted by Crippen LogP contribution is 2.46. The molecular formula is C22H20Br2N2O2. The summed E-state index contributed by atoms with van der Waals surface area (Å²) in [4.78, 5) is 30.4. The summed E-state index contributed by atoms with van der Waals surface area (Å²) in [5.41, 5.74) is 4.54. The Morgan fingerprint density at radius 2 is 1.04 bits per heavy atom. The van der Waals surface area contributed by atoms with Gasteiger partial charge in [-0.05, 0) is 25.0 Å². The first kappa shape index (κ1) is 19.4. The fraction of sp³-hybridized carbons (Fsp3) is 0.273. The van der Waals surface area contributed by atoms with Crippen molar-refractivity contribution in [3.63, 3.8) is 0 Å². The summed E-state index contributed by atoms with van der Waals surface area (Å²) in [6.45, 7) is 1.25. The SMILES string of the molecule is O=C1/C(=C2/C(=O)N(CCCBr)c3ccccc32)c2ccccc2N1CCCBr. The first-order chi connectivity index (χ1) is 13.7. The highest BCUT2D eigenvalue weighted by Gasteiger charge is 2.41. The summed E-state index contributed by atoms with van der Waals surface area (Å²) in [7, 11) is 0. The smallest absolute Gasteiger partial charge is 0.259 e. The van der Waals surface area contributed by atoms with Crippen molar-refractivity contribution in [3.05, 3.63) is 59.7 Å². The number of hydrogen-bond acceptors (Lipinski definition) is 2. The Bertz CT molecular complexity index is 893. The molecule has 6 heteroatoms. The molecule has 2 aliphatic rings. The number of alkyl halides is 2. The van der Waals surface area contributed by atoms with E-state index in [9.17, 15) is 9.59 Å². The molecule has 2 heterocycles. The minimum absolute atomic E-state index is 0.0809. The number of amides is 2. The van der Waals surface area contributed by atoms with Crippen molar-refractivity contribution in [2.24, 2.45) is 0 Å². The largest absolute Gasteiger partial charge is 0.308 e. The van der Waals surface area contributed by atoms with Crippen LogP contribution in [-0.2, 0) is 9.59 Å². The molecule has 0 unspecified atom stereocenters. The number of carbonyl (C=O) groups excluding carboxylic acids is 2. The summed E-state index contributed by atoms with van der Waals surface area (Å²) >= 11 is 6.89. The molecule has 28 heavy (non-hydrogen) atoms. The molecule has 144 valence electrons. The molecule has 0 atom stereocenters. The van der Waals surface area contributed by atoms with Gasteiger partial charge in [-0.3, -0.25) is 9.59 Å². The van der Waals surface area contributed by atoms with Gasteiger partial charge in [0.1, 0.15) is 0 Å². The van der Waals surface area contributed by atoms with Crippen molar-refractivity contribution in [2.75, 3.05) is 33.5 Å². The van der Waals surface area contributed by atoms with Crippen molar-refractivity contribution in [2.45, 2.75) is 12.8 Å². The first-order valence-corrected chi connectivity index (χ1v) is 11.6. The number of fused-ring (bicyclic) bond motifs is 2. The second-order valence-electron chi connectivity index (χ2n) is 6.78. The van der Waals surface area contributed by atoms with Gasteiger partial charge < -0.3 is 9.80 Å². The first-order valence-electron chi connectivity index (χ1n) is 9.37. The van der Waals surface area contributed by atoms with Gasteiger partial charge in [0, 0.05) is 34.9 Å². The maximum Gasteiger partial charge on any atom is 0.259 e. The Balaban J connectivity index is 1.88. The lowest BCUT2D eigenvalue weighted by Crippen LogP contribution is -2.30. The predicted molar refractivity (Wildman–Crippen MR) is 121 cm³/mol. The molecule has 0 radical (unpaired) electrons. The van der Waals surface area contributed by atoms with Crippen LogP contribution >= 0.6 is 31.9 Å². The van der Waals surface area contributed by atoms with E-state index in [1.54, 1.807) is 9.80 Å². The minimum Gasteiger partial charge on any atom is -0.308 e. The molecule has 0 aliphatic carbocycles. The van der Waals surface area contributed by atoms with Crippen LogP contribution in [-0.4, -0.2) is 35.6 Å². The van der Waals surface area contributed by atoms with Gasteiger partial charge in [0.15, 0.2) is 0 Å². The van der Waals surface area contributed by atoms with E-state index < -0.39 is 0 Å². The number of nitrogens with zero attached hydrogens (tertiary/aromatic N) is 2. The fourth-order valence-electron chi connectivity index (χ4n) is 3.92. The second kappa shape index (κ2) is 8.21. The van der Waals surface area contributed by atoms with Gasteiger partial charge in [-0.25, -0.2) is 0 Å². The van der Waals surface area contributed by atoms with Gasteiger partial charge in [0.05, 0.1) is 22.5 Å². The molecule has 2 aromatic rings. The van der Waals surface area contributed by atoms with Crippen LogP contribution in [0.3, 0.4) is 0 Å². The predicted octanol–water partition coefficient (Wildman–Crippen LogP) is 4.86. The van der Waals surface area contributed by atoms with Crippen LogP contribution < -0.4 is 9.80 Å². The molecule has 4 rings (SSSR count).